The molecule has 1 heterocycles. The van der Waals surface area contributed by atoms with Crippen LogP contribution in [0.15, 0.2) is 30.3 Å². The summed E-state index contributed by atoms with van der Waals surface area (Å²) >= 11 is 0. The van der Waals surface area contributed by atoms with Crippen molar-refractivity contribution < 1.29 is 19.1 Å². The SMILES string of the molecule is CC(C)(C)OC(=O)CC1CCN1C(=O)OCc1ccccc1. The summed E-state index contributed by atoms with van der Waals surface area (Å²) in [4.78, 5) is 25.4. The molecule has 1 unspecified atom stereocenters. The molecular formula is C17H23NO4. The molecule has 1 atom stereocenters. The Morgan fingerprint density at radius 1 is 1.23 bits per heavy atom. The van der Waals surface area contributed by atoms with E-state index >= 15 is 0 Å². The Balaban J connectivity index is 1.78. The lowest BCUT2D eigenvalue weighted by atomic mass is 10.0. The smallest absolute Gasteiger partial charge is 0.410 e. The van der Waals surface area contributed by atoms with Crippen molar-refractivity contribution in [3.05, 3.63) is 35.9 Å². The molecule has 22 heavy (non-hydrogen) atoms. The third-order valence-corrected chi connectivity index (χ3v) is 3.41. The number of nitrogens with zero attached hydrogens (tertiary/aromatic N) is 1. The van der Waals surface area contributed by atoms with Gasteiger partial charge in [0.2, 0.25) is 0 Å². The molecule has 2 rings (SSSR count). The van der Waals surface area contributed by atoms with E-state index in [0.717, 1.165) is 12.0 Å². The molecule has 0 saturated carbocycles. The summed E-state index contributed by atoms with van der Waals surface area (Å²) in [7, 11) is 0. The van der Waals surface area contributed by atoms with Crippen molar-refractivity contribution in [3.63, 3.8) is 0 Å². The Bertz CT molecular complexity index is 521. The average molecular weight is 305 g/mol. The summed E-state index contributed by atoms with van der Waals surface area (Å²) in [5.74, 6) is -0.280. The molecule has 0 radical (unpaired) electrons. The number of amides is 1. The first-order chi connectivity index (χ1) is 10.3. The van der Waals surface area contributed by atoms with E-state index in [0.29, 0.717) is 6.54 Å². The van der Waals surface area contributed by atoms with E-state index in [2.05, 4.69) is 0 Å². The lowest BCUT2D eigenvalue weighted by Crippen LogP contribution is -2.52. The van der Waals surface area contributed by atoms with Gasteiger partial charge in [-0.05, 0) is 32.8 Å². The van der Waals surface area contributed by atoms with E-state index in [4.69, 9.17) is 9.47 Å². The van der Waals surface area contributed by atoms with Crippen LogP contribution in [-0.4, -0.2) is 35.2 Å². The van der Waals surface area contributed by atoms with Crippen molar-refractivity contribution in [2.75, 3.05) is 6.54 Å². The van der Waals surface area contributed by atoms with Crippen LogP contribution in [0.1, 0.15) is 39.2 Å². The van der Waals surface area contributed by atoms with Gasteiger partial charge in [-0.1, -0.05) is 30.3 Å². The van der Waals surface area contributed by atoms with Gasteiger partial charge in [0.15, 0.2) is 0 Å². The molecule has 1 aliphatic heterocycles. The molecule has 1 amide bonds. The zero-order valence-electron chi connectivity index (χ0n) is 13.4. The lowest BCUT2D eigenvalue weighted by Gasteiger charge is -2.39. The highest BCUT2D eigenvalue weighted by molar-refractivity contribution is 5.74. The van der Waals surface area contributed by atoms with Crippen LogP contribution in [0.4, 0.5) is 4.79 Å². The van der Waals surface area contributed by atoms with Crippen LogP contribution in [0.3, 0.4) is 0 Å². The summed E-state index contributed by atoms with van der Waals surface area (Å²) in [6.45, 7) is 6.36. The minimum Gasteiger partial charge on any atom is -0.460 e. The maximum atomic E-state index is 12.0. The minimum atomic E-state index is -0.501. The first-order valence-corrected chi connectivity index (χ1v) is 7.54. The van der Waals surface area contributed by atoms with Gasteiger partial charge in [0.05, 0.1) is 6.42 Å². The highest BCUT2D eigenvalue weighted by Crippen LogP contribution is 2.23. The van der Waals surface area contributed by atoms with Crippen molar-refractivity contribution in [2.45, 2.75) is 51.9 Å². The third kappa shape index (κ3) is 4.76. The van der Waals surface area contributed by atoms with Gasteiger partial charge in [-0.2, -0.15) is 0 Å². The topological polar surface area (TPSA) is 55.8 Å². The second-order valence-corrected chi connectivity index (χ2v) is 6.47. The predicted octanol–water partition coefficient (Wildman–Crippen LogP) is 3.13. The quantitative estimate of drug-likeness (QED) is 0.802. The summed E-state index contributed by atoms with van der Waals surface area (Å²) in [6, 6.07) is 9.41. The second-order valence-electron chi connectivity index (χ2n) is 6.47. The molecule has 0 aromatic heterocycles. The zero-order valence-corrected chi connectivity index (χ0v) is 13.4. The van der Waals surface area contributed by atoms with E-state index in [1.165, 1.54) is 0 Å². The maximum absolute atomic E-state index is 12.0. The Morgan fingerprint density at radius 3 is 2.45 bits per heavy atom. The van der Waals surface area contributed by atoms with Gasteiger partial charge < -0.3 is 14.4 Å². The molecule has 0 aliphatic carbocycles. The number of carbonyl (C=O) groups excluding carboxylic acids is 2. The first kappa shape index (κ1) is 16.3. The Hall–Kier alpha value is -2.04. The third-order valence-electron chi connectivity index (χ3n) is 3.41. The molecule has 0 N–H and O–H groups in total. The average Bonchev–Trinajstić information content (AvgIpc) is 2.41. The molecule has 1 aromatic rings. The molecule has 0 spiro atoms. The van der Waals surface area contributed by atoms with Crippen molar-refractivity contribution in [2.24, 2.45) is 0 Å². The monoisotopic (exact) mass is 305 g/mol. The Labute approximate surface area is 131 Å². The molecule has 1 fully saturated rings. The van der Waals surface area contributed by atoms with E-state index in [1.807, 2.05) is 51.1 Å². The van der Waals surface area contributed by atoms with Gasteiger partial charge in [0.25, 0.3) is 0 Å². The van der Waals surface area contributed by atoms with E-state index < -0.39 is 5.60 Å². The molecule has 1 aromatic carbocycles. The van der Waals surface area contributed by atoms with Gasteiger partial charge in [-0.15, -0.1) is 0 Å². The lowest BCUT2D eigenvalue weighted by molar-refractivity contribution is -0.157. The summed E-state index contributed by atoms with van der Waals surface area (Å²) < 4.78 is 10.6. The van der Waals surface area contributed by atoms with Crippen molar-refractivity contribution >= 4 is 12.1 Å². The van der Waals surface area contributed by atoms with Gasteiger partial charge in [0, 0.05) is 12.6 Å². The number of hydrogen-bond donors (Lipinski definition) is 0. The molecular weight excluding hydrogens is 282 g/mol. The number of likely N-dealkylation sites (tertiary alicyclic amines) is 1. The summed E-state index contributed by atoms with van der Waals surface area (Å²) in [5, 5.41) is 0. The van der Waals surface area contributed by atoms with Crippen LogP contribution in [0.25, 0.3) is 0 Å². The second kappa shape index (κ2) is 6.81. The Kier molecular flexibility index (Phi) is 5.06. The van der Waals surface area contributed by atoms with Crippen LogP contribution in [0, 0.1) is 0 Å². The van der Waals surface area contributed by atoms with Crippen molar-refractivity contribution in [1.29, 1.82) is 0 Å². The molecule has 1 saturated heterocycles. The van der Waals surface area contributed by atoms with E-state index in [9.17, 15) is 9.59 Å². The fourth-order valence-corrected chi connectivity index (χ4v) is 2.27. The number of ether oxygens (including phenoxy) is 2. The number of carbonyl (C=O) groups is 2. The summed E-state index contributed by atoms with van der Waals surface area (Å²) in [6.07, 6.45) is 0.654. The van der Waals surface area contributed by atoms with Crippen molar-refractivity contribution in [1.82, 2.24) is 4.90 Å². The van der Waals surface area contributed by atoms with E-state index in [-0.39, 0.29) is 31.1 Å². The Morgan fingerprint density at radius 2 is 1.91 bits per heavy atom. The zero-order chi connectivity index (χ0) is 16.2. The minimum absolute atomic E-state index is 0.113. The number of esters is 1. The molecule has 5 heteroatoms. The number of benzene rings is 1. The normalized spacial score (nSPS) is 17.6. The van der Waals surface area contributed by atoms with Crippen molar-refractivity contribution in [3.8, 4) is 0 Å². The fourth-order valence-electron chi connectivity index (χ4n) is 2.27. The van der Waals surface area contributed by atoms with Gasteiger partial charge in [0.1, 0.15) is 12.2 Å². The number of rotatable bonds is 4. The molecule has 120 valence electrons. The van der Waals surface area contributed by atoms with Crippen LogP contribution in [0.2, 0.25) is 0 Å². The maximum Gasteiger partial charge on any atom is 0.410 e. The van der Waals surface area contributed by atoms with Crippen LogP contribution in [-0.2, 0) is 20.9 Å². The van der Waals surface area contributed by atoms with Gasteiger partial charge in [-0.25, -0.2) is 4.79 Å². The van der Waals surface area contributed by atoms with Crippen LogP contribution >= 0.6 is 0 Å². The van der Waals surface area contributed by atoms with E-state index in [1.54, 1.807) is 4.90 Å². The largest absolute Gasteiger partial charge is 0.460 e. The molecule has 5 nitrogen and oxygen atoms in total. The molecule has 0 bridgehead atoms. The standard InChI is InChI=1S/C17H23NO4/c1-17(2,3)22-15(19)11-14-9-10-18(14)16(20)21-12-13-7-5-4-6-8-13/h4-8,14H,9-12H2,1-3H3. The van der Waals surface area contributed by atoms with Gasteiger partial charge in [-0.3, -0.25) is 4.79 Å². The van der Waals surface area contributed by atoms with Crippen LogP contribution < -0.4 is 0 Å². The molecule has 1 aliphatic rings. The highest BCUT2D eigenvalue weighted by Gasteiger charge is 2.35. The fraction of sp³-hybridized carbons (Fsp3) is 0.529. The van der Waals surface area contributed by atoms with Crippen LogP contribution in [0.5, 0.6) is 0 Å². The highest BCUT2D eigenvalue weighted by atomic mass is 16.6. The van der Waals surface area contributed by atoms with Gasteiger partial charge >= 0.3 is 12.1 Å². The summed E-state index contributed by atoms with van der Waals surface area (Å²) in [5.41, 5.74) is 0.444. The number of hydrogen-bond acceptors (Lipinski definition) is 4. The predicted molar refractivity (Wildman–Crippen MR) is 82.2 cm³/mol. The first-order valence-electron chi connectivity index (χ1n) is 7.54.